The van der Waals surface area contributed by atoms with E-state index in [-0.39, 0.29) is 5.69 Å². The Bertz CT molecular complexity index is 578. The molecule has 5 nitrogen and oxygen atoms in total. The van der Waals surface area contributed by atoms with E-state index in [1.165, 1.54) is 23.0 Å². The maximum atomic E-state index is 11.3. The molecule has 2 aromatic rings. The summed E-state index contributed by atoms with van der Waals surface area (Å²) in [4.78, 5) is 15.3. The first-order valence-corrected chi connectivity index (χ1v) is 5.08. The fraction of sp³-hybridized carbons (Fsp3) is 0.167. The van der Waals surface area contributed by atoms with Gasteiger partial charge in [-0.15, -0.1) is 0 Å². The zero-order valence-corrected chi connectivity index (χ0v) is 9.24. The minimum absolute atomic E-state index is 0.135. The fourth-order valence-electron chi connectivity index (χ4n) is 1.63. The standard InChI is InChI=1S/C12H12N2O3/c1-14-7-5-9(15)12(17)10(14)11(16)8-4-2-3-6-13-8/h2-7,11,16-17H,1H3. The van der Waals surface area contributed by atoms with Crippen molar-refractivity contribution >= 4 is 0 Å². The molecule has 2 aromatic heterocycles. The molecule has 17 heavy (non-hydrogen) atoms. The molecule has 1 atom stereocenters. The van der Waals surface area contributed by atoms with Crippen molar-refractivity contribution < 1.29 is 10.2 Å². The Hall–Kier alpha value is -2.14. The van der Waals surface area contributed by atoms with Crippen molar-refractivity contribution in [2.45, 2.75) is 6.10 Å². The third kappa shape index (κ3) is 2.05. The van der Waals surface area contributed by atoms with E-state index in [1.807, 2.05) is 0 Å². The number of hydrogen-bond acceptors (Lipinski definition) is 4. The number of rotatable bonds is 2. The van der Waals surface area contributed by atoms with Crippen molar-refractivity contribution in [2.24, 2.45) is 7.05 Å². The molecule has 2 heterocycles. The summed E-state index contributed by atoms with van der Waals surface area (Å²) in [6, 6.07) is 6.31. The number of aliphatic hydroxyl groups is 1. The van der Waals surface area contributed by atoms with Crippen molar-refractivity contribution in [3.63, 3.8) is 0 Å². The molecule has 0 aromatic carbocycles. The van der Waals surface area contributed by atoms with Crippen molar-refractivity contribution in [3.8, 4) is 5.75 Å². The van der Waals surface area contributed by atoms with Crippen LogP contribution in [0.3, 0.4) is 0 Å². The number of hydrogen-bond donors (Lipinski definition) is 2. The highest BCUT2D eigenvalue weighted by atomic mass is 16.3. The summed E-state index contributed by atoms with van der Waals surface area (Å²) in [6.45, 7) is 0. The van der Waals surface area contributed by atoms with Crippen LogP contribution in [-0.4, -0.2) is 19.8 Å². The molecule has 0 aliphatic carbocycles. The highest BCUT2D eigenvalue weighted by Gasteiger charge is 2.19. The predicted molar refractivity (Wildman–Crippen MR) is 61.6 cm³/mol. The first kappa shape index (κ1) is 11.3. The maximum Gasteiger partial charge on any atom is 0.223 e. The Balaban J connectivity index is 2.55. The molecular formula is C12H12N2O3. The monoisotopic (exact) mass is 232 g/mol. The lowest BCUT2D eigenvalue weighted by Crippen LogP contribution is -2.15. The van der Waals surface area contributed by atoms with Crippen molar-refractivity contribution in [1.29, 1.82) is 0 Å². The van der Waals surface area contributed by atoms with Gasteiger partial charge in [0.1, 0.15) is 6.10 Å². The Kier molecular flexibility index (Phi) is 2.93. The third-order valence-corrected chi connectivity index (χ3v) is 2.53. The van der Waals surface area contributed by atoms with Gasteiger partial charge in [0.15, 0.2) is 5.75 Å². The molecule has 0 aliphatic heterocycles. The molecule has 2 N–H and O–H groups in total. The largest absolute Gasteiger partial charge is 0.503 e. The van der Waals surface area contributed by atoms with Gasteiger partial charge >= 0.3 is 0 Å². The summed E-state index contributed by atoms with van der Waals surface area (Å²) in [5.74, 6) is -0.451. The van der Waals surface area contributed by atoms with Crippen LogP contribution in [0.2, 0.25) is 0 Å². The minimum Gasteiger partial charge on any atom is -0.503 e. The van der Waals surface area contributed by atoms with Crippen LogP contribution < -0.4 is 5.43 Å². The molecule has 0 radical (unpaired) electrons. The Morgan fingerprint density at radius 1 is 1.35 bits per heavy atom. The van der Waals surface area contributed by atoms with Crippen molar-refractivity contribution in [1.82, 2.24) is 9.55 Å². The molecule has 0 bridgehead atoms. The van der Waals surface area contributed by atoms with E-state index < -0.39 is 17.3 Å². The van der Waals surface area contributed by atoms with Gasteiger partial charge in [0.25, 0.3) is 0 Å². The van der Waals surface area contributed by atoms with E-state index in [1.54, 1.807) is 25.2 Å². The smallest absolute Gasteiger partial charge is 0.223 e. The summed E-state index contributed by atoms with van der Waals surface area (Å²) >= 11 is 0. The van der Waals surface area contributed by atoms with Gasteiger partial charge in [-0.2, -0.15) is 0 Å². The number of aromatic nitrogens is 2. The van der Waals surface area contributed by atoms with Crippen LogP contribution in [0.4, 0.5) is 0 Å². The predicted octanol–water partition coefficient (Wildman–Crippen LogP) is 0.568. The SMILES string of the molecule is Cn1ccc(=O)c(O)c1C(O)c1ccccn1. The van der Waals surface area contributed by atoms with Crippen LogP contribution in [0.15, 0.2) is 41.5 Å². The lowest BCUT2D eigenvalue weighted by Gasteiger charge is -2.15. The second kappa shape index (κ2) is 4.39. The minimum atomic E-state index is -1.13. The summed E-state index contributed by atoms with van der Waals surface area (Å²) < 4.78 is 1.50. The van der Waals surface area contributed by atoms with Gasteiger partial charge < -0.3 is 14.8 Å². The van der Waals surface area contributed by atoms with Crippen molar-refractivity contribution in [3.05, 3.63) is 58.3 Å². The first-order chi connectivity index (χ1) is 8.11. The fourth-order valence-corrected chi connectivity index (χ4v) is 1.63. The van der Waals surface area contributed by atoms with E-state index in [4.69, 9.17) is 0 Å². The lowest BCUT2D eigenvalue weighted by atomic mass is 10.1. The molecule has 0 fully saturated rings. The van der Waals surface area contributed by atoms with Crippen LogP contribution in [0, 0.1) is 0 Å². The molecule has 88 valence electrons. The zero-order valence-electron chi connectivity index (χ0n) is 9.24. The Morgan fingerprint density at radius 2 is 2.12 bits per heavy atom. The second-order valence-corrected chi connectivity index (χ2v) is 3.68. The van der Waals surface area contributed by atoms with E-state index in [0.29, 0.717) is 5.69 Å². The molecular weight excluding hydrogens is 220 g/mol. The maximum absolute atomic E-state index is 11.3. The molecule has 0 aliphatic rings. The molecule has 0 saturated heterocycles. The lowest BCUT2D eigenvalue weighted by molar-refractivity contribution is 0.200. The molecule has 0 amide bonds. The van der Waals surface area contributed by atoms with Crippen LogP contribution in [0.1, 0.15) is 17.5 Å². The second-order valence-electron chi connectivity index (χ2n) is 3.68. The van der Waals surface area contributed by atoms with Crippen molar-refractivity contribution in [2.75, 3.05) is 0 Å². The zero-order chi connectivity index (χ0) is 12.4. The molecule has 2 rings (SSSR count). The van der Waals surface area contributed by atoms with Gasteiger partial charge in [-0.25, -0.2) is 0 Å². The molecule has 0 saturated carbocycles. The molecule has 0 spiro atoms. The van der Waals surface area contributed by atoms with Gasteiger partial charge in [0.2, 0.25) is 5.43 Å². The normalized spacial score (nSPS) is 12.4. The van der Waals surface area contributed by atoms with Gasteiger partial charge in [0, 0.05) is 25.5 Å². The van der Waals surface area contributed by atoms with Crippen LogP contribution in [-0.2, 0) is 7.05 Å². The van der Waals surface area contributed by atoms with Crippen LogP contribution in [0.25, 0.3) is 0 Å². The third-order valence-electron chi connectivity index (χ3n) is 2.53. The Morgan fingerprint density at radius 3 is 2.76 bits per heavy atom. The number of aryl methyl sites for hydroxylation is 1. The van der Waals surface area contributed by atoms with Gasteiger partial charge in [-0.1, -0.05) is 6.07 Å². The Labute approximate surface area is 97.6 Å². The summed E-state index contributed by atoms with van der Waals surface area (Å²) in [7, 11) is 1.64. The van der Waals surface area contributed by atoms with E-state index >= 15 is 0 Å². The number of aliphatic hydroxyl groups excluding tert-OH is 1. The highest BCUT2D eigenvalue weighted by Crippen LogP contribution is 2.24. The number of pyridine rings is 2. The summed E-state index contributed by atoms with van der Waals surface area (Å²) in [5, 5.41) is 19.8. The summed E-state index contributed by atoms with van der Waals surface area (Å²) in [6.07, 6.45) is 1.90. The van der Waals surface area contributed by atoms with Gasteiger partial charge in [0.05, 0.1) is 11.4 Å². The highest BCUT2D eigenvalue weighted by molar-refractivity contribution is 5.32. The molecule has 1 unspecified atom stereocenters. The number of nitrogens with zero attached hydrogens (tertiary/aromatic N) is 2. The van der Waals surface area contributed by atoms with E-state index in [0.717, 1.165) is 0 Å². The number of aromatic hydroxyl groups is 1. The van der Waals surface area contributed by atoms with Gasteiger partial charge in [-0.3, -0.25) is 9.78 Å². The van der Waals surface area contributed by atoms with E-state index in [9.17, 15) is 15.0 Å². The van der Waals surface area contributed by atoms with Crippen LogP contribution in [0.5, 0.6) is 5.75 Å². The van der Waals surface area contributed by atoms with E-state index in [2.05, 4.69) is 4.98 Å². The molecule has 5 heteroatoms. The van der Waals surface area contributed by atoms with Gasteiger partial charge in [-0.05, 0) is 12.1 Å². The summed E-state index contributed by atoms with van der Waals surface area (Å²) in [5.41, 5.74) is -0.00622. The average Bonchev–Trinajstić information content (AvgIpc) is 2.35. The topological polar surface area (TPSA) is 75.4 Å². The average molecular weight is 232 g/mol. The van der Waals surface area contributed by atoms with Crippen LogP contribution >= 0.6 is 0 Å². The first-order valence-electron chi connectivity index (χ1n) is 5.08. The quantitative estimate of drug-likeness (QED) is 0.793.